The average molecular weight is 126 g/mol. The minimum Gasteiger partial charge on any atom is -0.0885 e. The lowest BCUT2D eigenvalue weighted by Crippen LogP contribution is -1.59. The lowest BCUT2D eigenvalue weighted by atomic mass is 10.3. The van der Waals surface area contributed by atoms with Crippen molar-refractivity contribution in [3.05, 3.63) is 12.2 Å². The van der Waals surface area contributed by atoms with Crippen LogP contribution in [0.4, 0.5) is 0 Å². The maximum absolute atomic E-state index is 2.33. The highest BCUT2D eigenvalue weighted by atomic mass is 14.2. The number of allylic oxidation sites excluding steroid dienone is 2. The Bertz CT molecular complexity index is 68.1. The molecule has 54 valence electrons. The van der Waals surface area contributed by atoms with E-state index in [2.05, 4.69) is 19.1 Å². The maximum Gasteiger partial charge on any atom is -0.0233 e. The van der Waals surface area contributed by atoms with Crippen LogP contribution in [0.25, 0.3) is 0 Å². The van der Waals surface area contributed by atoms with Gasteiger partial charge in [-0.05, 0) is 25.2 Å². The lowest BCUT2D eigenvalue weighted by molar-refractivity contribution is 1.09. The molecule has 1 rings (SSSR count). The SMILES string of the molecule is CC.CC/C=C\C1CC1. The van der Waals surface area contributed by atoms with Crippen LogP contribution in [0.15, 0.2) is 12.2 Å². The van der Waals surface area contributed by atoms with E-state index in [0.29, 0.717) is 0 Å². The van der Waals surface area contributed by atoms with E-state index in [1.54, 1.807) is 0 Å². The molecule has 0 aromatic rings. The fourth-order valence-electron chi connectivity index (χ4n) is 0.617. The Kier molecular flexibility index (Phi) is 5.70. The van der Waals surface area contributed by atoms with Crippen LogP contribution in [0, 0.1) is 5.92 Å². The van der Waals surface area contributed by atoms with Gasteiger partial charge in [0.2, 0.25) is 0 Å². The lowest BCUT2D eigenvalue weighted by Gasteiger charge is -1.75. The molecule has 0 heteroatoms. The highest BCUT2D eigenvalue weighted by molar-refractivity contribution is 4.94. The average Bonchev–Trinajstić information content (AvgIpc) is 2.71. The van der Waals surface area contributed by atoms with Gasteiger partial charge in [0.25, 0.3) is 0 Å². The van der Waals surface area contributed by atoms with Crippen molar-refractivity contribution in [3.8, 4) is 0 Å². The van der Waals surface area contributed by atoms with Gasteiger partial charge in [-0.25, -0.2) is 0 Å². The van der Waals surface area contributed by atoms with Gasteiger partial charge in [-0.3, -0.25) is 0 Å². The van der Waals surface area contributed by atoms with Crippen molar-refractivity contribution in [1.82, 2.24) is 0 Å². The highest BCUT2D eigenvalue weighted by Gasteiger charge is 2.16. The molecule has 0 radical (unpaired) electrons. The zero-order chi connectivity index (χ0) is 7.11. The Morgan fingerprint density at radius 1 is 1.33 bits per heavy atom. The van der Waals surface area contributed by atoms with E-state index in [1.807, 2.05) is 13.8 Å². The quantitative estimate of drug-likeness (QED) is 0.497. The second-order valence-electron chi connectivity index (χ2n) is 2.17. The first-order valence-electron chi connectivity index (χ1n) is 4.10. The summed E-state index contributed by atoms with van der Waals surface area (Å²) in [5.74, 6) is 0.972. The highest BCUT2D eigenvalue weighted by Crippen LogP contribution is 2.29. The van der Waals surface area contributed by atoms with Crippen LogP contribution in [0.5, 0.6) is 0 Å². The molecule has 1 aliphatic carbocycles. The maximum atomic E-state index is 2.33. The van der Waals surface area contributed by atoms with Crippen LogP contribution in [0.1, 0.15) is 40.0 Å². The molecule has 0 aromatic carbocycles. The third kappa shape index (κ3) is 5.61. The molecule has 0 heterocycles. The summed E-state index contributed by atoms with van der Waals surface area (Å²) in [7, 11) is 0. The van der Waals surface area contributed by atoms with Crippen LogP contribution in [0.2, 0.25) is 0 Å². The summed E-state index contributed by atoms with van der Waals surface area (Å²) in [6, 6.07) is 0. The predicted octanol–water partition coefficient (Wildman–Crippen LogP) is 3.39. The fraction of sp³-hybridized carbons (Fsp3) is 0.778. The molecular weight excluding hydrogens is 108 g/mol. The van der Waals surface area contributed by atoms with Gasteiger partial charge in [0.05, 0.1) is 0 Å². The van der Waals surface area contributed by atoms with Crippen molar-refractivity contribution in [2.24, 2.45) is 5.92 Å². The first kappa shape index (κ1) is 8.74. The van der Waals surface area contributed by atoms with E-state index in [0.717, 1.165) is 5.92 Å². The second-order valence-corrected chi connectivity index (χ2v) is 2.17. The van der Waals surface area contributed by atoms with Crippen LogP contribution in [-0.4, -0.2) is 0 Å². The monoisotopic (exact) mass is 126 g/mol. The third-order valence-corrected chi connectivity index (χ3v) is 1.27. The number of hydrogen-bond donors (Lipinski definition) is 0. The van der Waals surface area contributed by atoms with Gasteiger partial charge in [-0.1, -0.05) is 32.9 Å². The third-order valence-electron chi connectivity index (χ3n) is 1.27. The Labute approximate surface area is 59.0 Å². The first-order chi connectivity index (χ1) is 4.43. The molecule has 1 fully saturated rings. The zero-order valence-corrected chi connectivity index (χ0v) is 6.85. The van der Waals surface area contributed by atoms with E-state index < -0.39 is 0 Å². The topological polar surface area (TPSA) is 0 Å². The summed E-state index contributed by atoms with van der Waals surface area (Å²) in [6.07, 6.45) is 8.68. The fourth-order valence-corrected chi connectivity index (χ4v) is 0.617. The van der Waals surface area contributed by atoms with Gasteiger partial charge in [-0.15, -0.1) is 0 Å². The first-order valence-corrected chi connectivity index (χ1v) is 4.10. The molecule has 9 heavy (non-hydrogen) atoms. The molecule has 0 unspecified atom stereocenters. The van der Waals surface area contributed by atoms with Crippen LogP contribution in [-0.2, 0) is 0 Å². The van der Waals surface area contributed by atoms with E-state index >= 15 is 0 Å². The Morgan fingerprint density at radius 2 is 1.89 bits per heavy atom. The molecule has 0 spiro atoms. The van der Waals surface area contributed by atoms with Crippen molar-refractivity contribution in [1.29, 1.82) is 0 Å². The predicted molar refractivity (Wildman–Crippen MR) is 43.5 cm³/mol. The van der Waals surface area contributed by atoms with Gasteiger partial charge in [0, 0.05) is 0 Å². The van der Waals surface area contributed by atoms with E-state index in [1.165, 1.54) is 19.3 Å². The minimum absolute atomic E-state index is 0.972. The van der Waals surface area contributed by atoms with E-state index in [4.69, 9.17) is 0 Å². The van der Waals surface area contributed by atoms with Crippen molar-refractivity contribution in [3.63, 3.8) is 0 Å². The molecule has 0 N–H and O–H groups in total. The molecule has 0 nitrogen and oxygen atoms in total. The minimum atomic E-state index is 0.972. The molecule has 0 amide bonds. The molecule has 0 aromatic heterocycles. The number of hydrogen-bond acceptors (Lipinski definition) is 0. The molecule has 0 bridgehead atoms. The second kappa shape index (κ2) is 5.87. The van der Waals surface area contributed by atoms with Crippen molar-refractivity contribution in [2.75, 3.05) is 0 Å². The molecule has 0 atom stereocenters. The smallest absolute Gasteiger partial charge is 0.0233 e. The van der Waals surface area contributed by atoms with Crippen molar-refractivity contribution < 1.29 is 0 Å². The summed E-state index contributed by atoms with van der Waals surface area (Å²) >= 11 is 0. The van der Waals surface area contributed by atoms with Crippen LogP contribution >= 0.6 is 0 Å². The Hall–Kier alpha value is -0.260. The summed E-state index contributed by atoms with van der Waals surface area (Å²) in [5.41, 5.74) is 0. The van der Waals surface area contributed by atoms with Gasteiger partial charge < -0.3 is 0 Å². The van der Waals surface area contributed by atoms with Gasteiger partial charge >= 0.3 is 0 Å². The van der Waals surface area contributed by atoms with Gasteiger partial charge in [0.15, 0.2) is 0 Å². The Balaban J connectivity index is 0.000000291. The molecular formula is C9H18. The van der Waals surface area contributed by atoms with Crippen LogP contribution < -0.4 is 0 Å². The zero-order valence-electron chi connectivity index (χ0n) is 6.85. The molecule has 0 aliphatic heterocycles. The largest absolute Gasteiger partial charge is 0.0885 e. The summed E-state index contributed by atoms with van der Waals surface area (Å²) in [4.78, 5) is 0. The van der Waals surface area contributed by atoms with E-state index in [9.17, 15) is 0 Å². The number of rotatable bonds is 2. The van der Waals surface area contributed by atoms with Gasteiger partial charge in [-0.2, -0.15) is 0 Å². The standard InChI is InChI=1S/C7H12.C2H6/c1-2-3-4-7-5-6-7;1-2/h3-4,7H,2,5-6H2,1H3;1-2H3/b4-3-;. The normalized spacial score (nSPS) is 17.2. The molecule has 1 saturated carbocycles. The molecule has 1 aliphatic rings. The summed E-state index contributed by atoms with van der Waals surface area (Å²) < 4.78 is 0. The van der Waals surface area contributed by atoms with Crippen molar-refractivity contribution in [2.45, 2.75) is 40.0 Å². The summed E-state index contributed by atoms with van der Waals surface area (Å²) in [5, 5.41) is 0. The summed E-state index contributed by atoms with van der Waals surface area (Å²) in [6.45, 7) is 6.18. The van der Waals surface area contributed by atoms with Crippen molar-refractivity contribution >= 4 is 0 Å². The van der Waals surface area contributed by atoms with Gasteiger partial charge in [0.1, 0.15) is 0 Å². The van der Waals surface area contributed by atoms with Crippen LogP contribution in [0.3, 0.4) is 0 Å². The molecule has 0 saturated heterocycles. The van der Waals surface area contributed by atoms with E-state index in [-0.39, 0.29) is 0 Å². The Morgan fingerprint density at radius 3 is 2.22 bits per heavy atom.